The second-order valence-corrected chi connectivity index (χ2v) is 7.36. The Bertz CT molecular complexity index is 565. The Hall–Kier alpha value is -0.870. The van der Waals surface area contributed by atoms with Crippen molar-refractivity contribution in [1.29, 1.82) is 0 Å². The number of aliphatic imine (C=N–C) groups is 1. The van der Waals surface area contributed by atoms with Crippen LogP contribution in [0.1, 0.15) is 25.3 Å². The molecular formula is C16H28IN3O3S. The van der Waals surface area contributed by atoms with Crippen molar-refractivity contribution >= 4 is 39.8 Å². The number of nitrogens with two attached hydrogens (primary N) is 1. The molecule has 3 N–H and O–H groups in total. The number of rotatable bonds is 11. The molecule has 6 nitrogen and oxygen atoms in total. The average Bonchev–Trinajstić information content (AvgIpc) is 2.52. The molecule has 1 aromatic rings. The first-order valence-electron chi connectivity index (χ1n) is 7.89. The van der Waals surface area contributed by atoms with Gasteiger partial charge in [-0.15, -0.1) is 24.0 Å². The summed E-state index contributed by atoms with van der Waals surface area (Å²) in [6.07, 6.45) is 1.33. The highest BCUT2D eigenvalue weighted by atomic mass is 127. The lowest BCUT2D eigenvalue weighted by atomic mass is 10.2. The second-order valence-electron chi connectivity index (χ2n) is 5.18. The topological polar surface area (TPSA) is 93.8 Å². The molecule has 0 amide bonds. The summed E-state index contributed by atoms with van der Waals surface area (Å²) in [5.41, 5.74) is 6.52. The van der Waals surface area contributed by atoms with Gasteiger partial charge in [0.25, 0.3) is 0 Å². The first-order chi connectivity index (χ1) is 11.0. The summed E-state index contributed by atoms with van der Waals surface area (Å²) >= 11 is 0. The van der Waals surface area contributed by atoms with E-state index in [0.717, 1.165) is 12.0 Å². The van der Waals surface area contributed by atoms with Gasteiger partial charge < -0.3 is 15.8 Å². The van der Waals surface area contributed by atoms with Crippen molar-refractivity contribution < 1.29 is 13.2 Å². The molecule has 0 unspecified atom stereocenters. The van der Waals surface area contributed by atoms with Gasteiger partial charge in [-0.05, 0) is 25.3 Å². The van der Waals surface area contributed by atoms with Gasteiger partial charge in [0, 0.05) is 26.3 Å². The van der Waals surface area contributed by atoms with Crippen LogP contribution in [0.5, 0.6) is 0 Å². The fourth-order valence-corrected chi connectivity index (χ4v) is 3.39. The minimum Gasteiger partial charge on any atom is -0.382 e. The molecule has 0 saturated heterocycles. The second kappa shape index (κ2) is 13.4. The third-order valence-electron chi connectivity index (χ3n) is 3.10. The van der Waals surface area contributed by atoms with Crippen LogP contribution >= 0.6 is 24.0 Å². The molecule has 0 fully saturated rings. The highest BCUT2D eigenvalue weighted by Crippen LogP contribution is 2.07. The molecule has 1 aromatic carbocycles. The van der Waals surface area contributed by atoms with E-state index in [2.05, 4.69) is 10.3 Å². The average molecular weight is 469 g/mol. The number of nitrogens with zero attached hydrogens (tertiary/aromatic N) is 1. The zero-order valence-corrected chi connectivity index (χ0v) is 17.3. The van der Waals surface area contributed by atoms with Gasteiger partial charge in [0.05, 0.1) is 11.5 Å². The van der Waals surface area contributed by atoms with Crippen LogP contribution in [0.3, 0.4) is 0 Å². The van der Waals surface area contributed by atoms with Crippen LogP contribution < -0.4 is 11.1 Å². The van der Waals surface area contributed by atoms with E-state index in [1.165, 1.54) is 0 Å². The van der Waals surface area contributed by atoms with Crippen LogP contribution in [-0.2, 0) is 20.3 Å². The van der Waals surface area contributed by atoms with Crippen molar-refractivity contribution in [1.82, 2.24) is 5.32 Å². The van der Waals surface area contributed by atoms with Crippen LogP contribution in [0.4, 0.5) is 0 Å². The van der Waals surface area contributed by atoms with Gasteiger partial charge >= 0.3 is 0 Å². The molecule has 138 valence electrons. The minimum absolute atomic E-state index is 0. The molecule has 0 aliphatic heterocycles. The lowest BCUT2D eigenvalue weighted by Gasteiger charge is -2.06. The number of sulfone groups is 1. The summed E-state index contributed by atoms with van der Waals surface area (Å²) in [5.74, 6) is 0.535. The molecule has 0 atom stereocenters. The summed E-state index contributed by atoms with van der Waals surface area (Å²) < 4.78 is 29.2. The Balaban J connectivity index is 0.00000529. The van der Waals surface area contributed by atoms with Crippen molar-refractivity contribution in [2.75, 3.05) is 32.1 Å². The third kappa shape index (κ3) is 11.6. The molecule has 1 rings (SSSR count). The molecule has 8 heteroatoms. The monoisotopic (exact) mass is 469 g/mol. The molecule has 0 heterocycles. The summed E-state index contributed by atoms with van der Waals surface area (Å²) in [5, 5.41) is 2.98. The fourth-order valence-electron chi connectivity index (χ4n) is 1.98. The molecular weight excluding hydrogens is 441 g/mol. The van der Waals surface area contributed by atoms with Crippen LogP contribution in [0.2, 0.25) is 0 Å². The van der Waals surface area contributed by atoms with Crippen LogP contribution in [0.15, 0.2) is 35.3 Å². The molecule has 0 aromatic heterocycles. The van der Waals surface area contributed by atoms with Crippen molar-refractivity contribution in [2.45, 2.75) is 25.5 Å². The van der Waals surface area contributed by atoms with Gasteiger partial charge in [0.15, 0.2) is 15.8 Å². The van der Waals surface area contributed by atoms with E-state index in [1.807, 2.05) is 37.3 Å². The van der Waals surface area contributed by atoms with Gasteiger partial charge in [-0.25, -0.2) is 8.42 Å². The first kappa shape index (κ1) is 23.1. The molecule has 0 spiro atoms. The van der Waals surface area contributed by atoms with Crippen molar-refractivity contribution in [3.05, 3.63) is 35.9 Å². The third-order valence-corrected chi connectivity index (χ3v) is 4.78. The van der Waals surface area contributed by atoms with E-state index in [-0.39, 0.29) is 35.5 Å². The van der Waals surface area contributed by atoms with E-state index in [4.69, 9.17) is 10.5 Å². The molecule has 0 radical (unpaired) electrons. The van der Waals surface area contributed by atoms with Crippen LogP contribution in [-0.4, -0.2) is 46.4 Å². The standard InChI is InChI=1S/C16H27N3O3S.HI/c1-2-22-12-6-10-18-16(17)19-11-7-13-23(20,21)14-15-8-4-3-5-9-15;/h3-5,8-9H,2,6-7,10-14H2,1H3,(H3,17,18,19);1H. The van der Waals surface area contributed by atoms with Gasteiger partial charge in [-0.2, -0.15) is 0 Å². The zero-order chi connectivity index (χ0) is 17.0. The number of benzene rings is 1. The van der Waals surface area contributed by atoms with Crippen molar-refractivity contribution in [3.8, 4) is 0 Å². The van der Waals surface area contributed by atoms with Gasteiger partial charge in [0.2, 0.25) is 0 Å². The maximum Gasteiger partial charge on any atom is 0.188 e. The summed E-state index contributed by atoms with van der Waals surface area (Å²) in [6, 6.07) is 9.19. The Kier molecular flexibility index (Phi) is 12.9. The molecule has 24 heavy (non-hydrogen) atoms. The molecule has 0 saturated carbocycles. The molecule has 0 aliphatic rings. The number of halogens is 1. The number of hydrogen-bond acceptors (Lipinski definition) is 4. The summed E-state index contributed by atoms with van der Waals surface area (Å²) in [6.45, 7) is 4.45. The number of hydrogen-bond donors (Lipinski definition) is 2. The largest absolute Gasteiger partial charge is 0.382 e. The van der Waals surface area contributed by atoms with E-state index in [1.54, 1.807) is 0 Å². The van der Waals surface area contributed by atoms with Gasteiger partial charge in [-0.3, -0.25) is 4.99 Å². The van der Waals surface area contributed by atoms with E-state index < -0.39 is 9.84 Å². The lowest BCUT2D eigenvalue weighted by molar-refractivity contribution is 0.145. The van der Waals surface area contributed by atoms with Crippen molar-refractivity contribution in [2.24, 2.45) is 10.7 Å². The predicted molar refractivity (Wildman–Crippen MR) is 110 cm³/mol. The highest BCUT2D eigenvalue weighted by Gasteiger charge is 2.11. The molecule has 0 aliphatic carbocycles. The van der Waals surface area contributed by atoms with E-state index in [0.29, 0.717) is 38.7 Å². The van der Waals surface area contributed by atoms with Gasteiger partial charge in [0.1, 0.15) is 0 Å². The maximum atomic E-state index is 12.0. The van der Waals surface area contributed by atoms with Crippen LogP contribution in [0, 0.1) is 0 Å². The maximum absolute atomic E-state index is 12.0. The fraction of sp³-hybridized carbons (Fsp3) is 0.562. The van der Waals surface area contributed by atoms with Crippen molar-refractivity contribution in [3.63, 3.8) is 0 Å². The highest BCUT2D eigenvalue weighted by molar-refractivity contribution is 14.0. The lowest BCUT2D eigenvalue weighted by Crippen LogP contribution is -2.33. The minimum atomic E-state index is -3.11. The first-order valence-corrected chi connectivity index (χ1v) is 9.71. The summed E-state index contributed by atoms with van der Waals surface area (Å²) in [7, 11) is -3.11. The Morgan fingerprint density at radius 1 is 1.25 bits per heavy atom. The van der Waals surface area contributed by atoms with E-state index >= 15 is 0 Å². The van der Waals surface area contributed by atoms with Crippen LogP contribution in [0.25, 0.3) is 0 Å². The Morgan fingerprint density at radius 3 is 2.62 bits per heavy atom. The Morgan fingerprint density at radius 2 is 1.96 bits per heavy atom. The predicted octanol–water partition coefficient (Wildman–Crippen LogP) is 1.94. The number of ether oxygens (including phenoxy) is 1. The molecule has 0 bridgehead atoms. The SMILES string of the molecule is CCOCCCNC(N)=NCCCS(=O)(=O)Cc1ccccc1.I. The summed E-state index contributed by atoms with van der Waals surface area (Å²) in [4.78, 5) is 4.13. The zero-order valence-electron chi connectivity index (χ0n) is 14.1. The number of nitrogens with one attached hydrogen (secondary N) is 1. The normalized spacial score (nSPS) is 11.8. The Labute approximate surface area is 162 Å². The van der Waals surface area contributed by atoms with Gasteiger partial charge in [-0.1, -0.05) is 30.3 Å². The van der Waals surface area contributed by atoms with E-state index in [9.17, 15) is 8.42 Å². The quantitative estimate of drug-likeness (QED) is 0.224. The number of guanidine groups is 1. The smallest absolute Gasteiger partial charge is 0.188 e.